The lowest BCUT2D eigenvalue weighted by molar-refractivity contribution is -0.342. The molecule has 0 fully saturated rings. The van der Waals surface area contributed by atoms with E-state index < -0.39 is 5.91 Å². The van der Waals surface area contributed by atoms with Crippen molar-refractivity contribution in [2.24, 2.45) is 0 Å². The predicted octanol–water partition coefficient (Wildman–Crippen LogP) is 0.770. The molecule has 11 heavy (non-hydrogen) atoms. The standard InChI is InChI=1S/C8H5NO2/c10-8-7-4-2-1-3-6(7)5-9(8)11/h1-5H. The van der Waals surface area contributed by atoms with Gasteiger partial charge in [-0.1, -0.05) is 12.1 Å². The Hall–Kier alpha value is -1.64. The molecule has 3 nitrogen and oxygen atoms in total. The highest BCUT2D eigenvalue weighted by atomic mass is 16.5. The van der Waals surface area contributed by atoms with E-state index >= 15 is 0 Å². The summed E-state index contributed by atoms with van der Waals surface area (Å²) in [7, 11) is 0. The van der Waals surface area contributed by atoms with Gasteiger partial charge in [0.25, 0.3) is 0 Å². The minimum atomic E-state index is -0.472. The van der Waals surface area contributed by atoms with Crippen LogP contribution in [0.3, 0.4) is 0 Å². The summed E-state index contributed by atoms with van der Waals surface area (Å²) < 4.78 is 0.352. The van der Waals surface area contributed by atoms with Crippen LogP contribution in [0.25, 0.3) is 0 Å². The third-order valence-electron chi connectivity index (χ3n) is 1.65. The molecular formula is C8H5NO2. The van der Waals surface area contributed by atoms with Crippen molar-refractivity contribution >= 4 is 12.1 Å². The minimum Gasteiger partial charge on any atom is -0.616 e. The van der Waals surface area contributed by atoms with E-state index in [9.17, 15) is 10.0 Å². The maximum atomic E-state index is 11.0. The van der Waals surface area contributed by atoms with Gasteiger partial charge in [-0.3, -0.25) is 0 Å². The summed E-state index contributed by atoms with van der Waals surface area (Å²) in [6.45, 7) is 0. The summed E-state index contributed by atoms with van der Waals surface area (Å²) >= 11 is 0. The zero-order valence-corrected chi connectivity index (χ0v) is 5.65. The van der Waals surface area contributed by atoms with Crippen molar-refractivity contribution in [2.75, 3.05) is 0 Å². The van der Waals surface area contributed by atoms with Crippen molar-refractivity contribution in [1.29, 1.82) is 0 Å². The number of rotatable bonds is 0. The average Bonchev–Trinajstić information content (AvgIpc) is 2.30. The molecule has 1 amide bonds. The highest BCUT2D eigenvalue weighted by Gasteiger charge is 2.25. The Morgan fingerprint density at radius 2 is 2.00 bits per heavy atom. The van der Waals surface area contributed by atoms with Crippen molar-refractivity contribution in [3.8, 4) is 0 Å². The van der Waals surface area contributed by atoms with Crippen molar-refractivity contribution in [2.45, 2.75) is 0 Å². The van der Waals surface area contributed by atoms with Gasteiger partial charge in [0, 0.05) is 0 Å². The van der Waals surface area contributed by atoms with Gasteiger partial charge in [-0.05, 0) is 12.1 Å². The minimum absolute atomic E-state index is 0.352. The fourth-order valence-corrected chi connectivity index (χ4v) is 1.11. The normalized spacial score (nSPS) is 14.5. The molecule has 1 aromatic carbocycles. The Labute approximate surface area is 63.2 Å². The highest BCUT2D eigenvalue weighted by molar-refractivity contribution is 6.04. The first kappa shape index (κ1) is 6.09. The smallest absolute Gasteiger partial charge is 0.431 e. The van der Waals surface area contributed by atoms with E-state index in [1.807, 2.05) is 0 Å². The Morgan fingerprint density at radius 3 is 2.73 bits per heavy atom. The molecule has 0 saturated heterocycles. The van der Waals surface area contributed by atoms with Crippen LogP contribution in [0.1, 0.15) is 15.9 Å². The fourth-order valence-electron chi connectivity index (χ4n) is 1.11. The topological polar surface area (TPSA) is 43.1 Å². The number of amides is 1. The molecule has 0 bridgehead atoms. The molecule has 0 aromatic heterocycles. The lowest BCUT2D eigenvalue weighted by atomic mass is 10.1. The highest BCUT2D eigenvalue weighted by Crippen LogP contribution is 2.12. The number of carbonyl (C=O) groups excluding carboxylic acids is 1. The van der Waals surface area contributed by atoms with Crippen LogP contribution in [-0.2, 0) is 0 Å². The lowest BCUT2D eigenvalue weighted by Gasteiger charge is -1.90. The summed E-state index contributed by atoms with van der Waals surface area (Å²) in [5, 5.41) is 10.7. The molecule has 3 heteroatoms. The zero-order chi connectivity index (χ0) is 7.84. The van der Waals surface area contributed by atoms with E-state index in [4.69, 9.17) is 0 Å². The molecular weight excluding hydrogens is 142 g/mol. The van der Waals surface area contributed by atoms with E-state index in [2.05, 4.69) is 0 Å². The van der Waals surface area contributed by atoms with Crippen LogP contribution in [0.15, 0.2) is 24.3 Å². The van der Waals surface area contributed by atoms with E-state index in [1.54, 1.807) is 24.3 Å². The molecule has 1 aliphatic heterocycles. The van der Waals surface area contributed by atoms with E-state index in [0.29, 0.717) is 15.9 Å². The molecule has 0 N–H and O–H groups in total. The van der Waals surface area contributed by atoms with Crippen LogP contribution < -0.4 is 0 Å². The number of hydrogen-bond donors (Lipinski definition) is 0. The second-order valence-electron chi connectivity index (χ2n) is 2.35. The lowest BCUT2D eigenvalue weighted by Crippen LogP contribution is -2.07. The second kappa shape index (κ2) is 1.92. The molecule has 1 heterocycles. The monoisotopic (exact) mass is 147 g/mol. The van der Waals surface area contributed by atoms with Crippen molar-refractivity contribution in [3.63, 3.8) is 0 Å². The predicted molar refractivity (Wildman–Crippen MR) is 39.6 cm³/mol. The second-order valence-corrected chi connectivity index (χ2v) is 2.35. The number of hydrogen-bond acceptors (Lipinski definition) is 2. The number of hydroxylamine groups is 1. The first-order valence-corrected chi connectivity index (χ1v) is 3.23. The molecule has 0 saturated carbocycles. The molecule has 0 spiro atoms. The van der Waals surface area contributed by atoms with Crippen LogP contribution in [0, 0.1) is 5.21 Å². The van der Waals surface area contributed by atoms with Crippen LogP contribution >= 0.6 is 0 Å². The van der Waals surface area contributed by atoms with Crippen LogP contribution in [0.4, 0.5) is 0 Å². The van der Waals surface area contributed by atoms with Gasteiger partial charge in [-0.25, -0.2) is 4.79 Å². The Balaban J connectivity index is 2.67. The first-order valence-electron chi connectivity index (χ1n) is 3.23. The van der Waals surface area contributed by atoms with Crippen LogP contribution in [-0.4, -0.2) is 16.9 Å². The van der Waals surface area contributed by atoms with Crippen molar-refractivity contribution in [3.05, 3.63) is 40.6 Å². The van der Waals surface area contributed by atoms with E-state index in [1.165, 1.54) is 6.21 Å². The molecule has 54 valence electrons. The molecule has 0 atom stereocenters. The molecule has 0 unspecified atom stereocenters. The molecule has 1 aromatic rings. The van der Waals surface area contributed by atoms with Crippen LogP contribution in [0.5, 0.6) is 0 Å². The van der Waals surface area contributed by atoms with Crippen molar-refractivity contribution < 1.29 is 9.53 Å². The summed E-state index contributed by atoms with van der Waals surface area (Å²) in [6.07, 6.45) is 1.29. The SMILES string of the molecule is O=C1c2ccccc2C=[N+]1[O-]. The first-order chi connectivity index (χ1) is 5.29. The summed E-state index contributed by atoms with van der Waals surface area (Å²) in [5.41, 5.74) is 1.19. The molecule has 1 aliphatic rings. The third-order valence-corrected chi connectivity index (χ3v) is 1.65. The average molecular weight is 147 g/mol. The maximum absolute atomic E-state index is 11.0. The van der Waals surface area contributed by atoms with Gasteiger partial charge in [0.2, 0.25) is 0 Å². The van der Waals surface area contributed by atoms with Gasteiger partial charge in [-0.15, -0.1) is 4.74 Å². The van der Waals surface area contributed by atoms with E-state index in [0.717, 1.165) is 0 Å². The number of benzene rings is 1. The number of carbonyl (C=O) groups is 1. The van der Waals surface area contributed by atoms with Crippen LogP contribution in [0.2, 0.25) is 0 Å². The van der Waals surface area contributed by atoms with Gasteiger partial charge in [0.05, 0.1) is 5.56 Å². The number of fused-ring (bicyclic) bond motifs is 1. The third kappa shape index (κ3) is 0.741. The Bertz CT molecular complexity index is 355. The number of nitrogens with zero attached hydrogens (tertiary/aromatic N) is 1. The molecule has 2 rings (SSSR count). The van der Waals surface area contributed by atoms with Gasteiger partial charge in [-0.2, -0.15) is 0 Å². The van der Waals surface area contributed by atoms with Crippen molar-refractivity contribution in [1.82, 2.24) is 0 Å². The maximum Gasteiger partial charge on any atom is 0.431 e. The fraction of sp³-hybridized carbons (Fsp3) is 0. The van der Waals surface area contributed by atoms with Gasteiger partial charge >= 0.3 is 5.91 Å². The summed E-state index contributed by atoms with van der Waals surface area (Å²) in [6, 6.07) is 6.92. The largest absolute Gasteiger partial charge is 0.616 e. The Morgan fingerprint density at radius 1 is 1.27 bits per heavy atom. The molecule has 0 aliphatic carbocycles. The Kier molecular flexibility index (Phi) is 1.06. The zero-order valence-electron chi connectivity index (χ0n) is 5.65. The summed E-state index contributed by atoms with van der Waals surface area (Å²) in [5.74, 6) is -0.472. The molecule has 0 radical (unpaired) electrons. The van der Waals surface area contributed by atoms with Gasteiger partial charge in [0.1, 0.15) is 5.56 Å². The summed E-state index contributed by atoms with van der Waals surface area (Å²) in [4.78, 5) is 11.0. The quantitative estimate of drug-likeness (QED) is 0.402. The van der Waals surface area contributed by atoms with E-state index in [-0.39, 0.29) is 0 Å². The van der Waals surface area contributed by atoms with Gasteiger partial charge in [0.15, 0.2) is 6.21 Å². The van der Waals surface area contributed by atoms with Gasteiger partial charge < -0.3 is 5.21 Å².